The van der Waals surface area contributed by atoms with E-state index < -0.39 is 0 Å². The fraction of sp³-hybridized carbons (Fsp3) is 0.438. The molecule has 1 aliphatic carbocycles. The molecule has 23 heavy (non-hydrogen) atoms. The highest BCUT2D eigenvalue weighted by Gasteiger charge is 2.17. The van der Waals surface area contributed by atoms with Gasteiger partial charge in [0.25, 0.3) is 5.91 Å². The third kappa shape index (κ3) is 3.13. The van der Waals surface area contributed by atoms with E-state index in [4.69, 9.17) is 9.47 Å². The molecule has 122 valence electrons. The number of nitrogens with one attached hydrogen (secondary N) is 2. The van der Waals surface area contributed by atoms with Crippen LogP contribution in [0.5, 0.6) is 11.5 Å². The zero-order valence-corrected chi connectivity index (χ0v) is 13.3. The Balaban J connectivity index is 1.85. The van der Waals surface area contributed by atoms with Crippen LogP contribution in [-0.2, 0) is 0 Å². The van der Waals surface area contributed by atoms with Crippen molar-refractivity contribution in [2.75, 3.05) is 14.2 Å². The van der Waals surface area contributed by atoms with Crippen molar-refractivity contribution in [2.24, 2.45) is 5.10 Å². The Labute approximate surface area is 134 Å². The molecule has 7 nitrogen and oxygen atoms in total. The summed E-state index contributed by atoms with van der Waals surface area (Å²) < 4.78 is 10.5. The smallest absolute Gasteiger partial charge is 0.292 e. The maximum atomic E-state index is 12.3. The zero-order valence-electron chi connectivity index (χ0n) is 13.3. The van der Waals surface area contributed by atoms with E-state index >= 15 is 0 Å². The number of hydrazone groups is 1. The Bertz CT molecular complexity index is 743. The zero-order chi connectivity index (χ0) is 16.2. The van der Waals surface area contributed by atoms with Gasteiger partial charge in [-0.25, -0.2) is 5.43 Å². The molecule has 0 radical (unpaired) electrons. The molecule has 0 atom stereocenters. The van der Waals surface area contributed by atoms with Crippen molar-refractivity contribution in [1.82, 2.24) is 15.6 Å². The van der Waals surface area contributed by atoms with Gasteiger partial charge in [0.15, 0.2) is 17.2 Å². The van der Waals surface area contributed by atoms with Crippen LogP contribution in [0.1, 0.15) is 42.6 Å². The van der Waals surface area contributed by atoms with Crippen molar-refractivity contribution in [3.8, 4) is 11.5 Å². The number of ether oxygens (including phenoxy) is 2. The van der Waals surface area contributed by atoms with Crippen LogP contribution >= 0.6 is 0 Å². The lowest BCUT2D eigenvalue weighted by atomic mass is 9.99. The fourth-order valence-electron chi connectivity index (χ4n) is 2.77. The lowest BCUT2D eigenvalue weighted by molar-refractivity contribution is 0.0951. The van der Waals surface area contributed by atoms with E-state index in [1.807, 2.05) is 0 Å². The van der Waals surface area contributed by atoms with Gasteiger partial charge >= 0.3 is 0 Å². The highest BCUT2D eigenvalue weighted by Crippen LogP contribution is 2.32. The highest BCUT2D eigenvalue weighted by molar-refractivity contribution is 6.05. The largest absolute Gasteiger partial charge is 0.493 e. The van der Waals surface area contributed by atoms with Crippen LogP contribution in [0.15, 0.2) is 17.2 Å². The minimum Gasteiger partial charge on any atom is -0.493 e. The maximum Gasteiger partial charge on any atom is 0.292 e. The molecule has 1 saturated carbocycles. The first kappa shape index (κ1) is 15.3. The van der Waals surface area contributed by atoms with E-state index in [0.717, 1.165) is 31.4 Å². The molecule has 1 amide bonds. The van der Waals surface area contributed by atoms with Crippen molar-refractivity contribution in [3.05, 3.63) is 17.8 Å². The third-order valence-electron chi connectivity index (χ3n) is 4.03. The number of fused-ring (bicyclic) bond motifs is 1. The van der Waals surface area contributed by atoms with Gasteiger partial charge in [-0.15, -0.1) is 0 Å². The summed E-state index contributed by atoms with van der Waals surface area (Å²) in [6.45, 7) is 0. The maximum absolute atomic E-state index is 12.3. The van der Waals surface area contributed by atoms with Crippen molar-refractivity contribution >= 4 is 22.5 Å². The number of nitrogens with zero attached hydrogens (tertiary/aromatic N) is 2. The minimum atomic E-state index is -0.332. The van der Waals surface area contributed by atoms with E-state index in [1.165, 1.54) is 6.42 Å². The Kier molecular flexibility index (Phi) is 4.45. The second-order valence-corrected chi connectivity index (χ2v) is 5.50. The molecule has 2 aromatic rings. The average molecular weight is 316 g/mol. The van der Waals surface area contributed by atoms with Crippen LogP contribution in [0.4, 0.5) is 0 Å². The number of methoxy groups -OCH3 is 2. The van der Waals surface area contributed by atoms with Crippen LogP contribution in [0.2, 0.25) is 0 Å². The molecular weight excluding hydrogens is 296 g/mol. The minimum absolute atomic E-state index is 0.293. The van der Waals surface area contributed by atoms with Gasteiger partial charge in [-0.3, -0.25) is 9.89 Å². The topological polar surface area (TPSA) is 88.6 Å². The SMILES string of the molecule is COc1cc2[nH]nc(C(=O)NN=C3CCCCC3)c2cc1OC. The quantitative estimate of drug-likeness (QED) is 0.849. The molecule has 2 N–H and O–H groups in total. The number of H-pyrrole nitrogens is 1. The van der Waals surface area contributed by atoms with Crippen molar-refractivity contribution in [1.29, 1.82) is 0 Å². The number of carbonyl (C=O) groups excluding carboxylic acids is 1. The normalized spacial score (nSPS) is 14.6. The van der Waals surface area contributed by atoms with Gasteiger partial charge in [-0.2, -0.15) is 10.2 Å². The van der Waals surface area contributed by atoms with E-state index in [1.54, 1.807) is 26.4 Å². The van der Waals surface area contributed by atoms with Crippen molar-refractivity contribution in [2.45, 2.75) is 32.1 Å². The molecule has 0 saturated heterocycles. The molecular formula is C16H20N4O3. The molecule has 0 bridgehead atoms. The Morgan fingerprint density at radius 1 is 1.17 bits per heavy atom. The fourth-order valence-corrected chi connectivity index (χ4v) is 2.77. The number of aromatic nitrogens is 2. The number of carbonyl (C=O) groups is 1. The number of hydrogen-bond donors (Lipinski definition) is 2. The highest BCUT2D eigenvalue weighted by atomic mass is 16.5. The van der Waals surface area contributed by atoms with Gasteiger partial charge in [-0.1, -0.05) is 6.42 Å². The number of hydrogen-bond acceptors (Lipinski definition) is 5. The van der Waals surface area contributed by atoms with E-state index in [0.29, 0.717) is 28.1 Å². The van der Waals surface area contributed by atoms with Crippen molar-refractivity contribution < 1.29 is 14.3 Å². The molecule has 1 aliphatic rings. The predicted octanol–water partition coefficient (Wildman–Crippen LogP) is 2.63. The number of rotatable bonds is 4. The molecule has 3 rings (SSSR count). The first-order chi connectivity index (χ1) is 11.2. The summed E-state index contributed by atoms with van der Waals surface area (Å²) >= 11 is 0. The first-order valence-corrected chi connectivity index (χ1v) is 7.69. The van der Waals surface area contributed by atoms with Crippen LogP contribution < -0.4 is 14.9 Å². The summed E-state index contributed by atoms with van der Waals surface area (Å²) in [5, 5.41) is 11.8. The van der Waals surface area contributed by atoms with Crippen LogP contribution in [-0.4, -0.2) is 36.0 Å². The lowest BCUT2D eigenvalue weighted by Crippen LogP contribution is -2.21. The molecule has 1 heterocycles. The summed E-state index contributed by atoms with van der Waals surface area (Å²) in [7, 11) is 3.12. The van der Waals surface area contributed by atoms with Crippen LogP contribution in [0, 0.1) is 0 Å². The van der Waals surface area contributed by atoms with E-state index in [2.05, 4.69) is 20.7 Å². The summed E-state index contributed by atoms with van der Waals surface area (Å²) in [5.41, 5.74) is 4.65. The van der Waals surface area contributed by atoms with Crippen LogP contribution in [0.25, 0.3) is 10.9 Å². The van der Waals surface area contributed by atoms with Gasteiger partial charge in [-0.05, 0) is 31.7 Å². The van der Waals surface area contributed by atoms with Gasteiger partial charge in [0.2, 0.25) is 0 Å². The molecule has 7 heteroatoms. The average Bonchev–Trinajstić information content (AvgIpc) is 3.02. The number of benzene rings is 1. The monoisotopic (exact) mass is 316 g/mol. The molecule has 1 fully saturated rings. The molecule has 0 aliphatic heterocycles. The first-order valence-electron chi connectivity index (χ1n) is 7.69. The molecule has 0 spiro atoms. The Morgan fingerprint density at radius 2 is 1.87 bits per heavy atom. The lowest BCUT2D eigenvalue weighted by Gasteiger charge is -2.11. The van der Waals surface area contributed by atoms with E-state index in [9.17, 15) is 4.79 Å². The summed E-state index contributed by atoms with van der Waals surface area (Å²) in [6.07, 6.45) is 5.41. The molecule has 1 aromatic heterocycles. The second-order valence-electron chi connectivity index (χ2n) is 5.50. The number of aromatic amines is 1. The standard InChI is InChI=1S/C16H20N4O3/c1-22-13-8-11-12(9-14(13)23-2)18-19-15(11)16(21)20-17-10-6-4-3-5-7-10/h8-9H,3-7H2,1-2H3,(H,18,19)(H,20,21). The van der Waals surface area contributed by atoms with Crippen molar-refractivity contribution in [3.63, 3.8) is 0 Å². The second kappa shape index (κ2) is 6.68. The summed E-state index contributed by atoms with van der Waals surface area (Å²) in [4.78, 5) is 12.3. The Morgan fingerprint density at radius 3 is 2.57 bits per heavy atom. The Hall–Kier alpha value is -2.57. The molecule has 1 aromatic carbocycles. The summed E-state index contributed by atoms with van der Waals surface area (Å²) in [5.74, 6) is 0.800. The van der Waals surface area contributed by atoms with Gasteiger partial charge in [0.05, 0.1) is 19.7 Å². The van der Waals surface area contributed by atoms with Crippen LogP contribution in [0.3, 0.4) is 0 Å². The molecule has 0 unspecified atom stereocenters. The third-order valence-corrected chi connectivity index (χ3v) is 4.03. The van der Waals surface area contributed by atoms with Gasteiger partial charge < -0.3 is 9.47 Å². The summed E-state index contributed by atoms with van der Waals surface area (Å²) in [6, 6.07) is 3.49. The predicted molar refractivity (Wildman–Crippen MR) is 87.2 cm³/mol. The van der Waals surface area contributed by atoms with Gasteiger partial charge in [0, 0.05) is 17.2 Å². The number of amides is 1. The van der Waals surface area contributed by atoms with Gasteiger partial charge in [0.1, 0.15) is 0 Å². The van der Waals surface area contributed by atoms with E-state index in [-0.39, 0.29) is 5.91 Å².